The molecular formula is C20H30O5. The van der Waals surface area contributed by atoms with Gasteiger partial charge in [-0.05, 0) is 31.6 Å². The van der Waals surface area contributed by atoms with E-state index < -0.39 is 17.2 Å². The molecule has 5 rings (SSSR count). The van der Waals surface area contributed by atoms with Crippen molar-refractivity contribution in [3.05, 3.63) is 0 Å². The molecule has 5 nitrogen and oxygen atoms in total. The van der Waals surface area contributed by atoms with Crippen molar-refractivity contribution in [1.82, 2.24) is 0 Å². The molecule has 1 spiro atoms. The van der Waals surface area contributed by atoms with Gasteiger partial charge in [-0.15, -0.1) is 0 Å². The fourth-order valence-electron chi connectivity index (χ4n) is 7.58. The van der Waals surface area contributed by atoms with E-state index in [-0.39, 0.29) is 29.5 Å². The summed E-state index contributed by atoms with van der Waals surface area (Å²) in [5, 5.41) is 0. The first kappa shape index (κ1) is 16.5. The van der Waals surface area contributed by atoms with Crippen LogP contribution >= 0.6 is 0 Å². The molecule has 0 aromatic carbocycles. The van der Waals surface area contributed by atoms with E-state index in [1.165, 1.54) is 0 Å². The first-order valence-electron chi connectivity index (χ1n) is 10.1. The Morgan fingerprint density at radius 2 is 1.92 bits per heavy atom. The molecule has 0 aromatic rings. The number of carbonyl (C=O) groups excluding carboxylic acids is 1. The second-order valence-electron chi connectivity index (χ2n) is 9.27. The zero-order valence-corrected chi connectivity index (χ0v) is 16.0. The third-order valence-electron chi connectivity index (χ3n) is 8.16. The van der Waals surface area contributed by atoms with Gasteiger partial charge in [-0.1, -0.05) is 27.7 Å². The molecular weight excluding hydrogens is 320 g/mol. The highest BCUT2D eigenvalue weighted by molar-refractivity contribution is 5.72. The van der Waals surface area contributed by atoms with Crippen molar-refractivity contribution in [2.24, 2.45) is 23.7 Å². The van der Waals surface area contributed by atoms with Gasteiger partial charge >= 0.3 is 5.97 Å². The van der Waals surface area contributed by atoms with Crippen LogP contribution < -0.4 is 0 Å². The summed E-state index contributed by atoms with van der Waals surface area (Å²) in [7, 11) is 0. The molecule has 0 radical (unpaired) electrons. The lowest BCUT2D eigenvalue weighted by atomic mass is 9.49. The Balaban J connectivity index is 1.79. The van der Waals surface area contributed by atoms with Gasteiger partial charge in [0, 0.05) is 24.7 Å². The van der Waals surface area contributed by atoms with Crippen molar-refractivity contribution in [3.8, 4) is 0 Å². The van der Waals surface area contributed by atoms with Crippen molar-refractivity contribution in [2.75, 3.05) is 0 Å². The second-order valence-corrected chi connectivity index (χ2v) is 9.27. The van der Waals surface area contributed by atoms with Gasteiger partial charge in [-0.3, -0.25) is 4.79 Å². The maximum atomic E-state index is 12.4. The average molecular weight is 350 g/mol. The largest absolute Gasteiger partial charge is 0.459 e. The second kappa shape index (κ2) is 4.60. The molecule has 3 bridgehead atoms. The van der Waals surface area contributed by atoms with Crippen LogP contribution in [0.25, 0.3) is 0 Å². The van der Waals surface area contributed by atoms with E-state index in [0.717, 1.165) is 25.7 Å². The monoisotopic (exact) mass is 350 g/mol. The van der Waals surface area contributed by atoms with Gasteiger partial charge in [-0.2, -0.15) is 0 Å². The molecule has 5 heteroatoms. The van der Waals surface area contributed by atoms with Gasteiger partial charge < -0.3 is 18.9 Å². The van der Waals surface area contributed by atoms with Crippen LogP contribution in [0.1, 0.15) is 66.7 Å². The lowest BCUT2D eigenvalue weighted by Gasteiger charge is -2.64. The third-order valence-corrected chi connectivity index (χ3v) is 8.16. The summed E-state index contributed by atoms with van der Waals surface area (Å²) >= 11 is 0. The number of esters is 1. The minimum absolute atomic E-state index is 0.0990. The summed E-state index contributed by atoms with van der Waals surface area (Å²) in [6.07, 6.45) is 3.96. The van der Waals surface area contributed by atoms with Gasteiger partial charge in [0.15, 0.2) is 0 Å². The highest BCUT2D eigenvalue weighted by Gasteiger charge is 2.87. The molecule has 0 amide bonds. The molecule has 25 heavy (non-hydrogen) atoms. The van der Waals surface area contributed by atoms with Crippen LogP contribution in [0.15, 0.2) is 0 Å². The highest BCUT2D eigenvalue weighted by atomic mass is 16.9. The van der Waals surface area contributed by atoms with E-state index >= 15 is 0 Å². The molecule has 0 aromatic heterocycles. The van der Waals surface area contributed by atoms with E-state index in [1.54, 1.807) is 0 Å². The predicted octanol–water partition coefficient (Wildman–Crippen LogP) is 3.40. The van der Waals surface area contributed by atoms with Gasteiger partial charge in [0.05, 0.1) is 12.0 Å². The predicted molar refractivity (Wildman–Crippen MR) is 89.5 cm³/mol. The maximum Gasteiger partial charge on any atom is 0.306 e. The minimum Gasteiger partial charge on any atom is -0.459 e. The standard InChI is InChI=1S/C20H30O5/c1-6-13-9-15(21)22-16-12(4)18-10-11(3)8-14(18)19(7-2)20(13,16)25-17(5,23-18)24-19/h11-14,16H,6-10H2,1-5H3. The Bertz CT molecular complexity index is 636. The Kier molecular flexibility index (Phi) is 3.04. The van der Waals surface area contributed by atoms with Crippen molar-refractivity contribution in [3.63, 3.8) is 0 Å². The molecule has 2 saturated carbocycles. The fraction of sp³-hybridized carbons (Fsp3) is 0.950. The van der Waals surface area contributed by atoms with Gasteiger partial charge in [0.1, 0.15) is 17.3 Å². The van der Waals surface area contributed by atoms with Crippen LogP contribution in [0.5, 0.6) is 0 Å². The summed E-state index contributed by atoms with van der Waals surface area (Å²) in [6.45, 7) is 10.8. The Morgan fingerprint density at radius 1 is 1.16 bits per heavy atom. The van der Waals surface area contributed by atoms with Crippen LogP contribution in [0.2, 0.25) is 0 Å². The van der Waals surface area contributed by atoms with Gasteiger partial charge in [-0.25, -0.2) is 0 Å². The summed E-state index contributed by atoms with van der Waals surface area (Å²) in [6, 6.07) is 0. The van der Waals surface area contributed by atoms with Crippen molar-refractivity contribution in [2.45, 2.75) is 95.6 Å². The average Bonchev–Trinajstić information content (AvgIpc) is 2.99. The van der Waals surface area contributed by atoms with Crippen LogP contribution in [-0.2, 0) is 23.7 Å². The van der Waals surface area contributed by atoms with Crippen LogP contribution in [-0.4, -0.2) is 34.8 Å². The first-order chi connectivity index (χ1) is 11.8. The van der Waals surface area contributed by atoms with Crippen LogP contribution in [0, 0.1) is 23.7 Å². The number of fused-ring (bicyclic) bond motifs is 1. The zero-order chi connectivity index (χ0) is 17.8. The van der Waals surface area contributed by atoms with Crippen molar-refractivity contribution in [1.29, 1.82) is 0 Å². The molecule has 3 heterocycles. The molecule has 3 aliphatic heterocycles. The van der Waals surface area contributed by atoms with E-state index in [2.05, 4.69) is 27.7 Å². The Morgan fingerprint density at radius 3 is 2.60 bits per heavy atom. The third kappa shape index (κ3) is 1.57. The fourth-order valence-corrected chi connectivity index (χ4v) is 7.58. The Labute approximate surface area is 149 Å². The minimum atomic E-state index is -1.03. The van der Waals surface area contributed by atoms with Crippen LogP contribution in [0.3, 0.4) is 0 Å². The highest BCUT2D eigenvalue weighted by Crippen LogP contribution is 2.74. The number of hydrogen-bond donors (Lipinski definition) is 0. The van der Waals surface area contributed by atoms with Crippen molar-refractivity contribution >= 4 is 5.97 Å². The van der Waals surface area contributed by atoms with Gasteiger partial charge in [0.2, 0.25) is 0 Å². The number of hydrogen-bond acceptors (Lipinski definition) is 5. The lowest BCUT2D eigenvalue weighted by molar-refractivity contribution is -0.422. The number of ether oxygens (including phenoxy) is 4. The summed E-state index contributed by atoms with van der Waals surface area (Å²) in [5.41, 5.74) is -1.33. The summed E-state index contributed by atoms with van der Waals surface area (Å²) in [5.74, 6) is -0.0255. The number of rotatable bonds is 2. The Hall–Kier alpha value is -0.650. The smallest absolute Gasteiger partial charge is 0.306 e. The zero-order valence-electron chi connectivity index (χ0n) is 16.0. The SMILES string of the molecule is CCC1CC(=O)OC2C(C)C34CC(C)CC3C3(CC)OC(C)(O4)OC123. The van der Waals surface area contributed by atoms with E-state index in [0.29, 0.717) is 18.3 Å². The molecule has 9 atom stereocenters. The molecule has 5 aliphatic rings. The normalized spacial score (nSPS) is 61.8. The molecule has 3 saturated heterocycles. The first-order valence-corrected chi connectivity index (χ1v) is 10.1. The molecule has 5 fully saturated rings. The lowest BCUT2D eigenvalue weighted by Crippen LogP contribution is -2.79. The molecule has 140 valence electrons. The molecule has 0 N–H and O–H groups in total. The number of carbonyl (C=O) groups is 1. The van der Waals surface area contributed by atoms with Crippen molar-refractivity contribution < 1.29 is 23.7 Å². The summed E-state index contributed by atoms with van der Waals surface area (Å²) in [4.78, 5) is 12.4. The molecule has 9 unspecified atom stereocenters. The van der Waals surface area contributed by atoms with Gasteiger partial charge in [0.25, 0.3) is 5.97 Å². The molecule has 2 aliphatic carbocycles. The van der Waals surface area contributed by atoms with Crippen LogP contribution in [0.4, 0.5) is 0 Å². The van der Waals surface area contributed by atoms with E-state index in [4.69, 9.17) is 18.9 Å². The van der Waals surface area contributed by atoms with E-state index in [9.17, 15) is 4.79 Å². The topological polar surface area (TPSA) is 54.0 Å². The van der Waals surface area contributed by atoms with E-state index in [1.807, 2.05) is 6.92 Å². The maximum absolute atomic E-state index is 12.4. The quantitative estimate of drug-likeness (QED) is 0.715. The summed E-state index contributed by atoms with van der Waals surface area (Å²) < 4.78 is 26.0.